The van der Waals surface area contributed by atoms with E-state index in [-0.39, 0.29) is 5.54 Å². The van der Waals surface area contributed by atoms with Crippen molar-refractivity contribution in [3.05, 3.63) is 34.9 Å². The maximum atomic E-state index is 5.92. The van der Waals surface area contributed by atoms with Crippen LogP contribution in [0.3, 0.4) is 0 Å². The van der Waals surface area contributed by atoms with Crippen LogP contribution in [0.25, 0.3) is 0 Å². The smallest absolute Gasteiger partial charge is 0.0406 e. The molecule has 1 N–H and O–H groups in total. The molecule has 0 amide bonds. The second-order valence-corrected chi connectivity index (χ2v) is 7.43. The third kappa shape index (κ3) is 3.73. The Kier molecular flexibility index (Phi) is 3.75. The zero-order valence-corrected chi connectivity index (χ0v) is 12.6. The fourth-order valence-electron chi connectivity index (χ4n) is 2.54. The third-order valence-corrected chi connectivity index (χ3v) is 4.19. The second-order valence-electron chi connectivity index (χ2n) is 6.99. The van der Waals surface area contributed by atoms with Gasteiger partial charge in [0.25, 0.3) is 0 Å². The molecule has 0 saturated heterocycles. The van der Waals surface area contributed by atoms with Gasteiger partial charge in [0.05, 0.1) is 0 Å². The Labute approximate surface area is 116 Å². The molecule has 1 saturated carbocycles. The van der Waals surface area contributed by atoms with Gasteiger partial charge < -0.3 is 5.32 Å². The Bertz CT molecular complexity index is 404. The van der Waals surface area contributed by atoms with E-state index in [1.165, 1.54) is 18.4 Å². The lowest BCUT2D eigenvalue weighted by Gasteiger charge is -2.21. The lowest BCUT2D eigenvalue weighted by Crippen LogP contribution is -2.37. The predicted octanol–water partition coefficient (Wildman–Crippen LogP) is 4.30. The zero-order chi connectivity index (χ0) is 13.4. The summed E-state index contributed by atoms with van der Waals surface area (Å²) < 4.78 is 0. The van der Waals surface area contributed by atoms with Gasteiger partial charge in [-0.05, 0) is 69.2 Å². The predicted molar refractivity (Wildman–Crippen MR) is 79.1 cm³/mol. The molecule has 1 nitrogen and oxygen atoms in total. The lowest BCUT2D eigenvalue weighted by atomic mass is 9.95. The molecule has 1 aliphatic rings. The number of halogens is 1. The minimum atomic E-state index is 0.226. The van der Waals surface area contributed by atoms with E-state index in [2.05, 4.69) is 45.1 Å². The first-order valence-electron chi connectivity index (χ1n) is 6.78. The van der Waals surface area contributed by atoms with E-state index in [0.29, 0.717) is 5.41 Å². The molecule has 0 heterocycles. The third-order valence-electron chi connectivity index (χ3n) is 3.94. The van der Waals surface area contributed by atoms with Gasteiger partial charge in [0.1, 0.15) is 0 Å². The van der Waals surface area contributed by atoms with Crippen LogP contribution in [0.5, 0.6) is 0 Å². The molecule has 2 atom stereocenters. The zero-order valence-electron chi connectivity index (χ0n) is 11.9. The van der Waals surface area contributed by atoms with E-state index < -0.39 is 0 Å². The first kappa shape index (κ1) is 13.9. The van der Waals surface area contributed by atoms with Crippen molar-refractivity contribution < 1.29 is 0 Å². The molecule has 0 aliphatic heterocycles. The molecule has 0 bridgehead atoms. The van der Waals surface area contributed by atoms with Gasteiger partial charge in [0, 0.05) is 10.6 Å². The molecule has 1 fully saturated rings. The fourth-order valence-corrected chi connectivity index (χ4v) is 2.66. The Morgan fingerprint density at radius 1 is 1.28 bits per heavy atom. The number of nitrogens with one attached hydrogen (secondary N) is 1. The monoisotopic (exact) mass is 265 g/mol. The first-order chi connectivity index (χ1) is 8.28. The normalized spacial score (nSPS) is 27.3. The van der Waals surface area contributed by atoms with Gasteiger partial charge >= 0.3 is 0 Å². The second kappa shape index (κ2) is 4.86. The topological polar surface area (TPSA) is 12.0 Å². The summed E-state index contributed by atoms with van der Waals surface area (Å²) in [6, 6.07) is 8.29. The van der Waals surface area contributed by atoms with Crippen LogP contribution in [-0.4, -0.2) is 12.1 Å². The highest BCUT2D eigenvalue weighted by atomic mass is 35.5. The lowest BCUT2D eigenvalue weighted by molar-refractivity contribution is 0.387. The first-order valence-corrected chi connectivity index (χ1v) is 7.16. The van der Waals surface area contributed by atoms with Gasteiger partial charge in [-0.15, -0.1) is 0 Å². The highest BCUT2D eigenvalue weighted by Crippen LogP contribution is 2.54. The molecule has 0 aromatic heterocycles. The van der Waals surface area contributed by atoms with Gasteiger partial charge in [-0.1, -0.05) is 30.7 Å². The van der Waals surface area contributed by atoms with Crippen LogP contribution in [0.1, 0.15) is 39.7 Å². The molecule has 1 aromatic rings. The van der Waals surface area contributed by atoms with Crippen molar-refractivity contribution in [3.8, 4) is 0 Å². The van der Waals surface area contributed by atoms with Gasteiger partial charge in [-0.3, -0.25) is 0 Å². The molecule has 2 rings (SSSR count). The molecule has 0 radical (unpaired) electrons. The maximum Gasteiger partial charge on any atom is 0.0406 e. The summed E-state index contributed by atoms with van der Waals surface area (Å²) in [5.74, 6) is 0.812. The molecule has 1 aliphatic carbocycles. The molecule has 2 heteroatoms. The Morgan fingerprint density at radius 3 is 2.44 bits per heavy atom. The van der Waals surface area contributed by atoms with E-state index in [1.54, 1.807) is 0 Å². The van der Waals surface area contributed by atoms with E-state index >= 15 is 0 Å². The highest BCUT2D eigenvalue weighted by Gasteiger charge is 2.49. The Hall–Kier alpha value is -0.530. The van der Waals surface area contributed by atoms with Crippen LogP contribution in [-0.2, 0) is 6.42 Å². The largest absolute Gasteiger partial charge is 0.312 e. The van der Waals surface area contributed by atoms with Crippen LogP contribution in [0.4, 0.5) is 0 Å². The highest BCUT2D eigenvalue weighted by molar-refractivity contribution is 6.30. The van der Waals surface area contributed by atoms with Crippen LogP contribution in [0.2, 0.25) is 5.02 Å². The van der Waals surface area contributed by atoms with Crippen molar-refractivity contribution in [1.82, 2.24) is 5.32 Å². The van der Waals surface area contributed by atoms with Crippen LogP contribution in [0.15, 0.2) is 24.3 Å². The molecule has 2 unspecified atom stereocenters. The number of rotatable bonds is 4. The molecule has 0 spiro atoms. The number of benzene rings is 1. The van der Waals surface area contributed by atoms with Crippen LogP contribution >= 0.6 is 11.6 Å². The number of hydrogen-bond acceptors (Lipinski definition) is 1. The van der Waals surface area contributed by atoms with Gasteiger partial charge in [0.2, 0.25) is 0 Å². The fraction of sp³-hybridized carbons (Fsp3) is 0.625. The molecule has 18 heavy (non-hydrogen) atoms. The average Bonchev–Trinajstić information content (AvgIpc) is 2.89. The quantitative estimate of drug-likeness (QED) is 0.856. The van der Waals surface area contributed by atoms with Crippen molar-refractivity contribution in [1.29, 1.82) is 0 Å². The van der Waals surface area contributed by atoms with E-state index in [9.17, 15) is 0 Å². The van der Waals surface area contributed by atoms with Crippen molar-refractivity contribution in [2.24, 2.45) is 11.3 Å². The van der Waals surface area contributed by atoms with E-state index in [0.717, 1.165) is 17.5 Å². The van der Waals surface area contributed by atoms with Crippen molar-refractivity contribution in [2.45, 2.75) is 46.1 Å². The van der Waals surface area contributed by atoms with Crippen LogP contribution in [0, 0.1) is 11.3 Å². The van der Waals surface area contributed by atoms with E-state index in [4.69, 9.17) is 11.6 Å². The summed E-state index contributed by atoms with van der Waals surface area (Å²) >= 11 is 5.92. The summed E-state index contributed by atoms with van der Waals surface area (Å²) in [5, 5.41) is 4.44. The Balaban J connectivity index is 1.86. The van der Waals surface area contributed by atoms with Gasteiger partial charge in [-0.25, -0.2) is 0 Å². The minimum Gasteiger partial charge on any atom is -0.312 e. The molecule has 1 aromatic carbocycles. The van der Waals surface area contributed by atoms with Gasteiger partial charge in [0.15, 0.2) is 0 Å². The molecular formula is C16H24ClN. The van der Waals surface area contributed by atoms with E-state index in [1.807, 2.05) is 12.1 Å². The summed E-state index contributed by atoms with van der Waals surface area (Å²) in [6.07, 6.45) is 2.50. The van der Waals surface area contributed by atoms with Crippen molar-refractivity contribution in [2.75, 3.05) is 6.54 Å². The van der Waals surface area contributed by atoms with Crippen molar-refractivity contribution in [3.63, 3.8) is 0 Å². The summed E-state index contributed by atoms with van der Waals surface area (Å²) in [6.45, 7) is 10.2. The standard InChI is InChI=1S/C16H24ClN/c1-15(2,3)18-11-13-10-16(13,4)9-12-5-7-14(17)8-6-12/h5-8,13,18H,9-11H2,1-4H3. The van der Waals surface area contributed by atoms with Gasteiger partial charge in [-0.2, -0.15) is 0 Å². The average molecular weight is 266 g/mol. The summed E-state index contributed by atoms with van der Waals surface area (Å²) in [5.41, 5.74) is 2.11. The SMILES string of the molecule is CC(C)(C)NCC1CC1(C)Cc1ccc(Cl)cc1. The minimum absolute atomic E-state index is 0.226. The summed E-state index contributed by atoms with van der Waals surface area (Å²) in [4.78, 5) is 0. The Morgan fingerprint density at radius 2 is 1.89 bits per heavy atom. The summed E-state index contributed by atoms with van der Waals surface area (Å²) in [7, 11) is 0. The molecule has 100 valence electrons. The van der Waals surface area contributed by atoms with Crippen molar-refractivity contribution >= 4 is 11.6 Å². The maximum absolute atomic E-state index is 5.92. The number of hydrogen-bond donors (Lipinski definition) is 1. The van der Waals surface area contributed by atoms with Crippen LogP contribution < -0.4 is 5.32 Å². The molecular weight excluding hydrogens is 242 g/mol.